The normalized spacial score (nSPS) is 12.2. The number of hydrogen-bond acceptors (Lipinski definition) is 3. The molecular formula is C18H34O5. The summed E-state index contributed by atoms with van der Waals surface area (Å²) in [7, 11) is 0. The number of carboxylic acids is 2. The fraction of sp³-hybridized carbons (Fsp3) is 0.889. The van der Waals surface area contributed by atoms with Crippen LogP contribution in [0.15, 0.2) is 0 Å². The summed E-state index contributed by atoms with van der Waals surface area (Å²) in [5, 5.41) is 17.6. The average molecular weight is 330 g/mol. The minimum absolute atomic E-state index is 0.297. The number of unbranched alkanes of at least 4 members (excludes halogenated alkanes) is 8. The minimum atomic E-state index is -1.05. The lowest BCUT2D eigenvalue weighted by molar-refractivity contribution is -0.148. The Morgan fingerprint density at radius 3 is 1.87 bits per heavy atom. The van der Waals surface area contributed by atoms with Gasteiger partial charge in [-0.1, -0.05) is 58.3 Å². The Hall–Kier alpha value is -1.10. The molecule has 0 bridgehead atoms. The van der Waals surface area contributed by atoms with Gasteiger partial charge in [-0.15, -0.1) is 0 Å². The molecule has 0 heterocycles. The molecule has 0 aliphatic heterocycles. The topological polar surface area (TPSA) is 83.8 Å². The molecule has 23 heavy (non-hydrogen) atoms. The summed E-state index contributed by atoms with van der Waals surface area (Å²) in [5.41, 5.74) is 0. The summed E-state index contributed by atoms with van der Waals surface area (Å²) < 4.78 is 5.54. The van der Waals surface area contributed by atoms with Crippen molar-refractivity contribution in [2.45, 2.75) is 84.0 Å². The predicted molar refractivity (Wildman–Crippen MR) is 90.7 cm³/mol. The standard InChI is InChI=1S/C18H34O5/c1-2-3-4-5-6-7-8-10-13-23-14-11-9-12-16(18(21)22)15-17(19)20/h16H,2-15H2,1H3,(H,19,20)(H,21,22). The SMILES string of the molecule is CCCCCCCCCCOCCCCC(CC(=O)O)C(=O)O. The second-order valence-corrected chi connectivity index (χ2v) is 6.22. The van der Waals surface area contributed by atoms with E-state index in [1.807, 2.05) is 0 Å². The average Bonchev–Trinajstić information content (AvgIpc) is 2.50. The van der Waals surface area contributed by atoms with Gasteiger partial charge in [0.2, 0.25) is 0 Å². The first kappa shape index (κ1) is 21.9. The Labute approximate surface area is 140 Å². The zero-order valence-corrected chi connectivity index (χ0v) is 14.6. The lowest BCUT2D eigenvalue weighted by Crippen LogP contribution is -2.17. The molecule has 0 rings (SSSR count). The van der Waals surface area contributed by atoms with E-state index >= 15 is 0 Å². The lowest BCUT2D eigenvalue weighted by atomic mass is 9.99. The fourth-order valence-corrected chi connectivity index (χ4v) is 2.56. The molecule has 0 aliphatic carbocycles. The van der Waals surface area contributed by atoms with Crippen molar-refractivity contribution in [1.29, 1.82) is 0 Å². The maximum Gasteiger partial charge on any atom is 0.307 e. The van der Waals surface area contributed by atoms with Gasteiger partial charge < -0.3 is 14.9 Å². The molecule has 5 heteroatoms. The van der Waals surface area contributed by atoms with E-state index in [0.29, 0.717) is 19.4 Å². The Kier molecular flexibility index (Phi) is 15.0. The van der Waals surface area contributed by atoms with E-state index in [-0.39, 0.29) is 6.42 Å². The van der Waals surface area contributed by atoms with E-state index in [2.05, 4.69) is 6.92 Å². The van der Waals surface area contributed by atoms with E-state index in [9.17, 15) is 9.59 Å². The molecule has 0 radical (unpaired) electrons. The third kappa shape index (κ3) is 15.6. The second-order valence-electron chi connectivity index (χ2n) is 6.22. The molecule has 0 saturated heterocycles. The van der Waals surface area contributed by atoms with E-state index in [1.54, 1.807) is 0 Å². The van der Waals surface area contributed by atoms with Gasteiger partial charge in [0.25, 0.3) is 0 Å². The van der Waals surface area contributed by atoms with Gasteiger partial charge in [-0.05, 0) is 19.3 Å². The monoisotopic (exact) mass is 330 g/mol. The number of rotatable bonds is 17. The maximum absolute atomic E-state index is 10.9. The number of carboxylic acid groups (broad SMARTS) is 2. The Balaban J connectivity index is 3.32. The van der Waals surface area contributed by atoms with Crippen LogP contribution in [0.4, 0.5) is 0 Å². The minimum Gasteiger partial charge on any atom is -0.481 e. The molecule has 1 atom stereocenters. The van der Waals surface area contributed by atoms with Crippen molar-refractivity contribution in [1.82, 2.24) is 0 Å². The highest BCUT2D eigenvalue weighted by molar-refractivity contribution is 5.77. The fourth-order valence-electron chi connectivity index (χ4n) is 2.56. The van der Waals surface area contributed by atoms with Crippen LogP contribution in [0.5, 0.6) is 0 Å². The number of aliphatic carboxylic acids is 2. The van der Waals surface area contributed by atoms with E-state index in [0.717, 1.165) is 19.4 Å². The van der Waals surface area contributed by atoms with Gasteiger partial charge >= 0.3 is 11.9 Å². The largest absolute Gasteiger partial charge is 0.481 e. The smallest absolute Gasteiger partial charge is 0.307 e. The van der Waals surface area contributed by atoms with Gasteiger partial charge in [-0.2, -0.15) is 0 Å². The molecule has 0 amide bonds. The maximum atomic E-state index is 10.9. The molecule has 0 spiro atoms. The first-order chi connectivity index (χ1) is 11.1. The van der Waals surface area contributed by atoms with Crippen molar-refractivity contribution in [2.24, 2.45) is 5.92 Å². The van der Waals surface area contributed by atoms with Gasteiger partial charge in [0.15, 0.2) is 0 Å². The summed E-state index contributed by atoms with van der Waals surface area (Å²) >= 11 is 0. The predicted octanol–water partition coefficient (Wildman–Crippen LogP) is 4.49. The molecule has 0 aromatic carbocycles. The molecule has 0 aromatic heterocycles. The van der Waals surface area contributed by atoms with Crippen LogP contribution in [0.2, 0.25) is 0 Å². The van der Waals surface area contributed by atoms with Crippen LogP contribution in [0.1, 0.15) is 84.0 Å². The summed E-state index contributed by atoms with van der Waals surface area (Å²) in [6, 6.07) is 0. The van der Waals surface area contributed by atoms with Crippen LogP contribution in [0.25, 0.3) is 0 Å². The van der Waals surface area contributed by atoms with Gasteiger partial charge in [0, 0.05) is 13.2 Å². The van der Waals surface area contributed by atoms with Gasteiger partial charge in [0.05, 0.1) is 12.3 Å². The van der Waals surface area contributed by atoms with Crippen molar-refractivity contribution in [2.75, 3.05) is 13.2 Å². The van der Waals surface area contributed by atoms with Crippen molar-refractivity contribution in [3.8, 4) is 0 Å². The Bertz CT molecular complexity index is 304. The zero-order valence-electron chi connectivity index (χ0n) is 14.6. The van der Waals surface area contributed by atoms with E-state index < -0.39 is 17.9 Å². The van der Waals surface area contributed by atoms with Crippen LogP contribution in [-0.2, 0) is 14.3 Å². The van der Waals surface area contributed by atoms with Crippen LogP contribution in [-0.4, -0.2) is 35.4 Å². The Morgan fingerprint density at radius 1 is 0.826 bits per heavy atom. The molecule has 136 valence electrons. The van der Waals surface area contributed by atoms with Gasteiger partial charge in [0.1, 0.15) is 0 Å². The zero-order chi connectivity index (χ0) is 17.3. The van der Waals surface area contributed by atoms with Crippen LogP contribution in [0.3, 0.4) is 0 Å². The summed E-state index contributed by atoms with van der Waals surface area (Å²) in [6.45, 7) is 3.63. The molecule has 2 N–H and O–H groups in total. The molecule has 0 fully saturated rings. The van der Waals surface area contributed by atoms with E-state index in [1.165, 1.54) is 44.9 Å². The lowest BCUT2D eigenvalue weighted by Gasteiger charge is -2.09. The molecule has 0 aromatic rings. The van der Waals surface area contributed by atoms with Crippen LogP contribution >= 0.6 is 0 Å². The number of carbonyl (C=O) groups is 2. The molecule has 0 aliphatic rings. The van der Waals surface area contributed by atoms with Crippen LogP contribution < -0.4 is 0 Å². The number of hydrogen-bond donors (Lipinski definition) is 2. The number of ether oxygens (including phenoxy) is 1. The molecule has 0 saturated carbocycles. The van der Waals surface area contributed by atoms with Crippen molar-refractivity contribution >= 4 is 11.9 Å². The highest BCUT2D eigenvalue weighted by Gasteiger charge is 2.20. The van der Waals surface area contributed by atoms with E-state index in [4.69, 9.17) is 14.9 Å². The van der Waals surface area contributed by atoms with Crippen molar-refractivity contribution in [3.05, 3.63) is 0 Å². The van der Waals surface area contributed by atoms with Crippen molar-refractivity contribution < 1.29 is 24.5 Å². The third-order valence-corrected chi connectivity index (χ3v) is 4.00. The highest BCUT2D eigenvalue weighted by atomic mass is 16.5. The van der Waals surface area contributed by atoms with Gasteiger partial charge in [-0.3, -0.25) is 9.59 Å². The summed E-state index contributed by atoms with van der Waals surface area (Å²) in [5.74, 6) is -2.85. The third-order valence-electron chi connectivity index (χ3n) is 4.00. The molecule has 1 unspecified atom stereocenters. The Morgan fingerprint density at radius 2 is 1.35 bits per heavy atom. The highest BCUT2D eigenvalue weighted by Crippen LogP contribution is 2.13. The molecular weight excluding hydrogens is 296 g/mol. The van der Waals surface area contributed by atoms with Gasteiger partial charge in [-0.25, -0.2) is 0 Å². The summed E-state index contributed by atoms with van der Waals surface area (Å²) in [4.78, 5) is 21.4. The van der Waals surface area contributed by atoms with Crippen LogP contribution in [0, 0.1) is 5.92 Å². The first-order valence-corrected chi connectivity index (χ1v) is 9.10. The molecule has 5 nitrogen and oxygen atoms in total. The quantitative estimate of drug-likeness (QED) is 0.384. The van der Waals surface area contributed by atoms with Crippen molar-refractivity contribution in [3.63, 3.8) is 0 Å². The second kappa shape index (κ2) is 15.8. The first-order valence-electron chi connectivity index (χ1n) is 9.10. The summed E-state index contributed by atoms with van der Waals surface area (Å²) in [6.07, 6.45) is 11.8.